The van der Waals surface area contributed by atoms with Gasteiger partial charge in [-0.25, -0.2) is 0 Å². The fourth-order valence-electron chi connectivity index (χ4n) is 3.40. The summed E-state index contributed by atoms with van der Waals surface area (Å²) in [6.07, 6.45) is 2.73. The third-order valence-electron chi connectivity index (χ3n) is 5.07. The number of thioether (sulfide) groups is 1. The highest BCUT2D eigenvalue weighted by atomic mass is 32.2. The molecule has 1 heterocycles. The van der Waals surface area contributed by atoms with Crippen LogP contribution in [0.4, 0.5) is 5.69 Å². The Morgan fingerprint density at radius 2 is 1.81 bits per heavy atom. The predicted molar refractivity (Wildman–Crippen MR) is 133 cm³/mol. The lowest BCUT2D eigenvalue weighted by Crippen LogP contribution is -2.29. The number of hydrogen-bond acceptors (Lipinski definition) is 4. The third-order valence-corrected chi connectivity index (χ3v) is 6.45. The van der Waals surface area contributed by atoms with E-state index in [0.29, 0.717) is 28.6 Å². The summed E-state index contributed by atoms with van der Waals surface area (Å²) >= 11 is 6.70. The van der Waals surface area contributed by atoms with Crippen LogP contribution in [0.25, 0.3) is 16.8 Å². The molecule has 0 radical (unpaired) electrons. The van der Waals surface area contributed by atoms with Crippen molar-refractivity contribution in [3.05, 3.63) is 82.8 Å². The number of thiocarbonyl (C=S) groups is 1. The van der Waals surface area contributed by atoms with Gasteiger partial charge in [-0.2, -0.15) is 0 Å². The summed E-state index contributed by atoms with van der Waals surface area (Å²) < 4.78 is 0.540. The predicted octanol–water partition coefficient (Wildman–Crippen LogP) is 5.77. The molecule has 1 saturated heterocycles. The summed E-state index contributed by atoms with van der Waals surface area (Å²) in [7, 11) is 0. The normalized spacial score (nSPS) is 15.1. The van der Waals surface area contributed by atoms with Crippen LogP contribution in [0.5, 0.6) is 0 Å². The molecule has 0 aliphatic carbocycles. The molecule has 0 saturated carbocycles. The number of rotatable bonds is 6. The van der Waals surface area contributed by atoms with Crippen molar-refractivity contribution in [2.24, 2.45) is 0 Å². The van der Waals surface area contributed by atoms with Gasteiger partial charge in [0.05, 0.1) is 4.91 Å². The van der Waals surface area contributed by atoms with Crippen LogP contribution in [-0.4, -0.2) is 27.6 Å². The summed E-state index contributed by atoms with van der Waals surface area (Å²) in [5.74, 6) is -0.165. The van der Waals surface area contributed by atoms with Crippen molar-refractivity contribution in [1.29, 1.82) is 0 Å². The highest BCUT2D eigenvalue weighted by Crippen LogP contribution is 2.32. The number of nitrogens with zero attached hydrogens (tertiary/aromatic N) is 1. The summed E-state index contributed by atoms with van der Waals surface area (Å²) in [6, 6.07) is 21.9. The number of hydrogen-bond donors (Lipinski definition) is 1. The van der Waals surface area contributed by atoms with Gasteiger partial charge >= 0.3 is 0 Å². The maximum absolute atomic E-state index is 12.7. The van der Waals surface area contributed by atoms with E-state index >= 15 is 0 Å². The van der Waals surface area contributed by atoms with Crippen LogP contribution in [-0.2, 0) is 9.59 Å². The first-order valence-electron chi connectivity index (χ1n) is 10.1. The number of nitrogens with one attached hydrogen (secondary N) is 1. The van der Waals surface area contributed by atoms with Crippen LogP contribution in [0.3, 0.4) is 0 Å². The second-order valence-corrected chi connectivity index (χ2v) is 9.13. The zero-order valence-electron chi connectivity index (χ0n) is 17.1. The van der Waals surface area contributed by atoms with Crippen molar-refractivity contribution in [3.8, 4) is 0 Å². The van der Waals surface area contributed by atoms with E-state index in [9.17, 15) is 9.59 Å². The Labute approximate surface area is 191 Å². The second kappa shape index (κ2) is 9.45. The monoisotopic (exact) mass is 446 g/mol. The molecule has 1 fully saturated rings. The Bertz CT molecular complexity index is 1190. The van der Waals surface area contributed by atoms with Gasteiger partial charge in [-0.3, -0.25) is 14.5 Å². The van der Waals surface area contributed by atoms with E-state index in [1.807, 2.05) is 79.7 Å². The minimum atomic E-state index is -0.0921. The first-order valence-corrected chi connectivity index (χ1v) is 11.3. The molecule has 0 bridgehead atoms. The summed E-state index contributed by atoms with van der Waals surface area (Å²) in [4.78, 5) is 27.3. The van der Waals surface area contributed by atoms with E-state index in [4.69, 9.17) is 12.2 Å². The van der Waals surface area contributed by atoms with E-state index in [0.717, 1.165) is 22.0 Å². The summed E-state index contributed by atoms with van der Waals surface area (Å²) in [6.45, 7) is 2.46. The first-order chi connectivity index (χ1) is 15.0. The van der Waals surface area contributed by atoms with E-state index in [2.05, 4.69) is 5.32 Å². The second-order valence-electron chi connectivity index (χ2n) is 7.46. The van der Waals surface area contributed by atoms with Crippen LogP contribution in [0.15, 0.2) is 71.6 Å². The summed E-state index contributed by atoms with van der Waals surface area (Å²) in [5.41, 5.74) is 2.92. The minimum Gasteiger partial charge on any atom is -0.326 e. The maximum atomic E-state index is 12.7. The molecular formula is C25H22N2O2S2. The molecule has 0 aromatic heterocycles. The first kappa shape index (κ1) is 21.3. The van der Waals surface area contributed by atoms with Crippen molar-refractivity contribution in [2.45, 2.75) is 19.8 Å². The molecule has 31 heavy (non-hydrogen) atoms. The SMILES string of the molecule is Cc1ccc(C=C2SC(=S)N(CCCC(=O)Nc3ccc4ccccc4c3)C2=O)cc1. The molecule has 3 aromatic rings. The molecule has 4 rings (SSSR count). The van der Waals surface area contributed by atoms with E-state index in [1.165, 1.54) is 17.3 Å². The van der Waals surface area contributed by atoms with Crippen molar-refractivity contribution in [1.82, 2.24) is 4.90 Å². The van der Waals surface area contributed by atoms with Crippen molar-refractivity contribution in [3.63, 3.8) is 0 Å². The van der Waals surface area contributed by atoms with Gasteiger partial charge in [-0.15, -0.1) is 0 Å². The molecule has 1 aliphatic rings. The van der Waals surface area contributed by atoms with Gasteiger partial charge in [0.2, 0.25) is 5.91 Å². The van der Waals surface area contributed by atoms with Crippen LogP contribution >= 0.6 is 24.0 Å². The van der Waals surface area contributed by atoms with Crippen molar-refractivity contribution in [2.75, 3.05) is 11.9 Å². The average Bonchev–Trinajstić information content (AvgIpc) is 3.02. The Morgan fingerprint density at radius 3 is 2.58 bits per heavy atom. The van der Waals surface area contributed by atoms with Crippen molar-refractivity contribution < 1.29 is 9.59 Å². The highest BCUT2D eigenvalue weighted by molar-refractivity contribution is 8.26. The number of carbonyl (C=O) groups is 2. The molecule has 156 valence electrons. The van der Waals surface area contributed by atoms with Gasteiger partial charge in [0, 0.05) is 18.7 Å². The van der Waals surface area contributed by atoms with E-state index < -0.39 is 0 Å². The molecule has 0 spiro atoms. The lowest BCUT2D eigenvalue weighted by molar-refractivity contribution is -0.122. The number of fused-ring (bicyclic) bond motifs is 1. The lowest BCUT2D eigenvalue weighted by Gasteiger charge is -2.14. The third kappa shape index (κ3) is 5.21. The number of amides is 2. The maximum Gasteiger partial charge on any atom is 0.266 e. The lowest BCUT2D eigenvalue weighted by atomic mass is 10.1. The highest BCUT2D eigenvalue weighted by Gasteiger charge is 2.31. The molecule has 2 amide bonds. The van der Waals surface area contributed by atoms with Gasteiger partial charge in [-0.05, 0) is 47.9 Å². The smallest absolute Gasteiger partial charge is 0.266 e. The number of carbonyl (C=O) groups excluding carboxylic acids is 2. The largest absolute Gasteiger partial charge is 0.326 e. The van der Waals surface area contributed by atoms with Gasteiger partial charge in [0.25, 0.3) is 5.91 Å². The molecule has 1 N–H and O–H groups in total. The summed E-state index contributed by atoms with van der Waals surface area (Å²) in [5, 5.41) is 5.15. The Morgan fingerprint density at radius 1 is 1.06 bits per heavy atom. The standard InChI is InChI=1S/C25H22N2O2S2/c1-17-8-10-18(11-9-17)15-22-24(29)27(25(30)31-22)14-4-7-23(28)26-21-13-12-19-5-2-3-6-20(19)16-21/h2-3,5-6,8-13,15-16H,4,7,14H2,1H3,(H,26,28). The molecule has 6 heteroatoms. The number of benzene rings is 3. The molecular weight excluding hydrogens is 424 g/mol. The molecule has 4 nitrogen and oxygen atoms in total. The van der Waals surface area contributed by atoms with Gasteiger partial charge in [-0.1, -0.05) is 84.1 Å². The van der Waals surface area contributed by atoms with Gasteiger partial charge in [0.15, 0.2) is 0 Å². The quantitative estimate of drug-likeness (QED) is 0.386. The van der Waals surface area contributed by atoms with Crippen LogP contribution in [0.2, 0.25) is 0 Å². The molecule has 3 aromatic carbocycles. The van der Waals surface area contributed by atoms with Gasteiger partial charge in [0.1, 0.15) is 4.32 Å². The topological polar surface area (TPSA) is 49.4 Å². The van der Waals surface area contributed by atoms with Gasteiger partial charge < -0.3 is 5.32 Å². The Balaban J connectivity index is 1.31. The van der Waals surface area contributed by atoms with Crippen LogP contribution in [0.1, 0.15) is 24.0 Å². The zero-order valence-corrected chi connectivity index (χ0v) is 18.8. The fraction of sp³-hybridized carbons (Fsp3) is 0.160. The Kier molecular flexibility index (Phi) is 6.49. The molecule has 0 unspecified atom stereocenters. The van der Waals surface area contributed by atoms with Crippen molar-refractivity contribution >= 4 is 62.7 Å². The molecule has 0 atom stereocenters. The van der Waals surface area contributed by atoms with Crippen LogP contribution < -0.4 is 5.32 Å². The number of aryl methyl sites for hydroxylation is 1. The van der Waals surface area contributed by atoms with E-state index in [1.54, 1.807) is 4.90 Å². The fourth-order valence-corrected chi connectivity index (χ4v) is 4.70. The molecule has 1 aliphatic heterocycles. The van der Waals surface area contributed by atoms with E-state index in [-0.39, 0.29) is 11.8 Å². The Hall–Kier alpha value is -2.96. The number of anilines is 1. The average molecular weight is 447 g/mol. The zero-order chi connectivity index (χ0) is 21.8. The minimum absolute atomic E-state index is 0.0732. The van der Waals surface area contributed by atoms with Crippen LogP contribution in [0, 0.1) is 6.92 Å².